The number of methoxy groups -OCH3 is 1. The van der Waals surface area contributed by atoms with Gasteiger partial charge in [0.05, 0.1) is 18.4 Å². The smallest absolute Gasteiger partial charge is 0.192 e. The second-order valence-corrected chi connectivity index (χ2v) is 6.44. The van der Waals surface area contributed by atoms with Crippen molar-refractivity contribution in [3.05, 3.63) is 53.9 Å². The molecule has 0 N–H and O–H groups in total. The molecular formula is C18H20N4O2S. The number of hydrogen-bond donors (Lipinski definition) is 0. The fraction of sp³-hybridized carbons (Fsp3) is 0.278. The molecule has 25 heavy (non-hydrogen) atoms. The lowest BCUT2D eigenvalue weighted by Crippen LogP contribution is -2.02. The summed E-state index contributed by atoms with van der Waals surface area (Å²) in [5.41, 5.74) is 2.91. The van der Waals surface area contributed by atoms with Crippen LogP contribution < -0.4 is 4.74 Å². The third-order valence-corrected chi connectivity index (χ3v) is 4.90. The van der Waals surface area contributed by atoms with Gasteiger partial charge in [-0.2, -0.15) is 0 Å². The monoisotopic (exact) mass is 356 g/mol. The first-order valence-corrected chi connectivity index (χ1v) is 8.86. The van der Waals surface area contributed by atoms with Crippen molar-refractivity contribution in [2.45, 2.75) is 31.3 Å². The average Bonchev–Trinajstić information content (AvgIpc) is 3.17. The van der Waals surface area contributed by atoms with E-state index in [0.717, 1.165) is 45.1 Å². The fourth-order valence-electron chi connectivity index (χ4n) is 2.56. The minimum Gasteiger partial charge on any atom is -0.496 e. The number of aromatic nitrogens is 4. The zero-order chi connectivity index (χ0) is 17.8. The zero-order valence-electron chi connectivity index (χ0n) is 14.5. The van der Waals surface area contributed by atoms with Gasteiger partial charge in [0.2, 0.25) is 0 Å². The van der Waals surface area contributed by atoms with E-state index in [1.165, 1.54) is 0 Å². The molecule has 0 saturated heterocycles. The maximum Gasteiger partial charge on any atom is 0.192 e. The third-order valence-electron chi connectivity index (χ3n) is 3.90. The molecule has 0 unspecified atom stereocenters. The minimum absolute atomic E-state index is 0.615. The first-order chi connectivity index (χ1) is 12.2. The highest BCUT2D eigenvalue weighted by Gasteiger charge is 2.18. The first kappa shape index (κ1) is 17.3. The molecule has 0 aliphatic carbocycles. The van der Waals surface area contributed by atoms with Gasteiger partial charge in [0, 0.05) is 17.9 Å². The van der Waals surface area contributed by atoms with Gasteiger partial charge in [-0.1, -0.05) is 35.1 Å². The lowest BCUT2D eigenvalue weighted by molar-refractivity contribution is 0.392. The number of nitrogens with zero attached hydrogens (tertiary/aromatic N) is 4. The Morgan fingerprint density at radius 3 is 2.76 bits per heavy atom. The normalized spacial score (nSPS) is 10.8. The van der Waals surface area contributed by atoms with Crippen LogP contribution in [0.2, 0.25) is 0 Å². The maximum absolute atomic E-state index is 5.46. The van der Waals surface area contributed by atoms with E-state index >= 15 is 0 Å². The molecular weight excluding hydrogens is 336 g/mol. The van der Waals surface area contributed by atoms with Crippen LogP contribution in [0.5, 0.6) is 5.75 Å². The summed E-state index contributed by atoms with van der Waals surface area (Å²) in [6.45, 7) is 8.33. The zero-order valence-corrected chi connectivity index (χ0v) is 15.3. The van der Waals surface area contributed by atoms with Gasteiger partial charge >= 0.3 is 0 Å². The standard InChI is InChI=1S/C18H20N4O2S/c1-5-10-22-17(14-8-6-7-9-16(14)23-4)19-20-18(22)25-11-15-12(2)21-24-13(15)3/h5-9H,1,10-11H2,2-4H3. The molecule has 6 nitrogen and oxygen atoms in total. The summed E-state index contributed by atoms with van der Waals surface area (Å²) >= 11 is 1.60. The molecule has 3 rings (SSSR count). The van der Waals surface area contributed by atoms with Crippen molar-refractivity contribution in [2.24, 2.45) is 0 Å². The molecule has 3 aromatic rings. The van der Waals surface area contributed by atoms with Gasteiger partial charge in [0.15, 0.2) is 11.0 Å². The summed E-state index contributed by atoms with van der Waals surface area (Å²) in [6, 6.07) is 7.79. The van der Waals surface area contributed by atoms with Gasteiger partial charge in [-0.25, -0.2) is 0 Å². The second-order valence-electron chi connectivity index (χ2n) is 5.50. The second kappa shape index (κ2) is 7.57. The summed E-state index contributed by atoms with van der Waals surface area (Å²) in [5.74, 6) is 3.09. The van der Waals surface area contributed by atoms with Crippen LogP contribution in [0, 0.1) is 13.8 Å². The molecule has 0 fully saturated rings. The van der Waals surface area contributed by atoms with Crippen LogP contribution >= 0.6 is 11.8 Å². The molecule has 0 spiro atoms. The molecule has 0 saturated carbocycles. The number of thioether (sulfide) groups is 1. The van der Waals surface area contributed by atoms with Crippen LogP contribution in [0.3, 0.4) is 0 Å². The van der Waals surface area contributed by atoms with Crippen LogP contribution in [0.15, 0.2) is 46.6 Å². The van der Waals surface area contributed by atoms with Crippen molar-refractivity contribution >= 4 is 11.8 Å². The van der Waals surface area contributed by atoms with E-state index in [4.69, 9.17) is 9.26 Å². The number of aryl methyl sites for hydroxylation is 2. The van der Waals surface area contributed by atoms with Crippen molar-refractivity contribution in [1.29, 1.82) is 0 Å². The average molecular weight is 356 g/mol. The highest BCUT2D eigenvalue weighted by molar-refractivity contribution is 7.98. The Morgan fingerprint density at radius 2 is 2.08 bits per heavy atom. The number of rotatable bonds is 7. The topological polar surface area (TPSA) is 66.0 Å². The Bertz CT molecular complexity index is 866. The number of ether oxygens (including phenoxy) is 1. The van der Waals surface area contributed by atoms with Crippen LogP contribution in [-0.2, 0) is 12.3 Å². The molecule has 0 aliphatic rings. The SMILES string of the molecule is C=CCn1c(SCc2c(C)noc2C)nnc1-c1ccccc1OC. The van der Waals surface area contributed by atoms with E-state index in [9.17, 15) is 0 Å². The summed E-state index contributed by atoms with van der Waals surface area (Å²) in [6.07, 6.45) is 1.84. The molecule has 1 aromatic carbocycles. The number of allylic oxidation sites excluding steroid dienone is 1. The molecule has 0 aliphatic heterocycles. The van der Waals surface area contributed by atoms with Crippen LogP contribution in [0.25, 0.3) is 11.4 Å². The van der Waals surface area contributed by atoms with Gasteiger partial charge in [-0.05, 0) is 26.0 Å². The van der Waals surface area contributed by atoms with Gasteiger partial charge in [0.1, 0.15) is 11.5 Å². The summed E-state index contributed by atoms with van der Waals surface area (Å²) in [5, 5.41) is 13.6. The van der Waals surface area contributed by atoms with Crippen molar-refractivity contribution in [2.75, 3.05) is 7.11 Å². The molecule has 0 bridgehead atoms. The predicted octanol–water partition coefficient (Wildman–Crippen LogP) is 4.04. The van der Waals surface area contributed by atoms with Crippen LogP contribution in [0.1, 0.15) is 17.0 Å². The molecule has 130 valence electrons. The fourth-order valence-corrected chi connectivity index (χ4v) is 3.66. The number of para-hydroxylation sites is 1. The predicted molar refractivity (Wildman–Crippen MR) is 97.7 cm³/mol. The Labute approximate surface area is 150 Å². The van der Waals surface area contributed by atoms with Gasteiger partial charge in [0.25, 0.3) is 0 Å². The van der Waals surface area contributed by atoms with E-state index in [2.05, 4.69) is 21.9 Å². The van der Waals surface area contributed by atoms with E-state index < -0.39 is 0 Å². The van der Waals surface area contributed by atoms with E-state index in [1.54, 1.807) is 18.9 Å². The van der Waals surface area contributed by atoms with Gasteiger partial charge in [-0.15, -0.1) is 16.8 Å². The first-order valence-electron chi connectivity index (χ1n) is 7.87. The van der Waals surface area contributed by atoms with E-state index in [1.807, 2.05) is 48.8 Å². The number of benzene rings is 1. The molecule has 0 amide bonds. The third kappa shape index (κ3) is 3.46. The minimum atomic E-state index is 0.615. The summed E-state index contributed by atoms with van der Waals surface area (Å²) < 4.78 is 12.7. The molecule has 0 radical (unpaired) electrons. The maximum atomic E-state index is 5.46. The van der Waals surface area contributed by atoms with Crippen molar-refractivity contribution in [3.63, 3.8) is 0 Å². The van der Waals surface area contributed by atoms with Gasteiger partial charge < -0.3 is 9.26 Å². The number of hydrogen-bond acceptors (Lipinski definition) is 6. The van der Waals surface area contributed by atoms with Crippen molar-refractivity contribution in [3.8, 4) is 17.1 Å². The lowest BCUT2D eigenvalue weighted by atomic mass is 10.2. The van der Waals surface area contributed by atoms with Crippen LogP contribution in [-0.4, -0.2) is 27.0 Å². The lowest BCUT2D eigenvalue weighted by Gasteiger charge is -2.10. The molecule has 0 atom stereocenters. The summed E-state index contributed by atoms with van der Waals surface area (Å²) in [7, 11) is 1.65. The summed E-state index contributed by atoms with van der Waals surface area (Å²) in [4.78, 5) is 0. The quantitative estimate of drug-likeness (QED) is 0.470. The highest BCUT2D eigenvalue weighted by Crippen LogP contribution is 2.32. The molecule has 2 heterocycles. The van der Waals surface area contributed by atoms with E-state index in [-0.39, 0.29) is 0 Å². The largest absolute Gasteiger partial charge is 0.496 e. The Kier molecular flexibility index (Phi) is 5.23. The molecule has 7 heteroatoms. The van der Waals surface area contributed by atoms with Crippen LogP contribution in [0.4, 0.5) is 0 Å². The highest BCUT2D eigenvalue weighted by atomic mass is 32.2. The van der Waals surface area contributed by atoms with Gasteiger partial charge in [-0.3, -0.25) is 4.57 Å². The molecule has 2 aromatic heterocycles. The Morgan fingerprint density at radius 1 is 1.28 bits per heavy atom. The Balaban J connectivity index is 1.93. The van der Waals surface area contributed by atoms with E-state index in [0.29, 0.717) is 6.54 Å². The van der Waals surface area contributed by atoms with Crippen molar-refractivity contribution < 1.29 is 9.26 Å². The Hall–Kier alpha value is -2.54. The van der Waals surface area contributed by atoms with Crippen molar-refractivity contribution in [1.82, 2.24) is 19.9 Å².